The topological polar surface area (TPSA) is 66.8 Å². The Morgan fingerprint density at radius 1 is 1.03 bits per heavy atom. The Labute approximate surface area is 174 Å². The zero-order chi connectivity index (χ0) is 22.2. The van der Waals surface area contributed by atoms with Gasteiger partial charge in [-0.15, -0.1) is 0 Å². The third-order valence-corrected chi connectivity index (χ3v) is 9.72. The predicted octanol–water partition coefficient (Wildman–Crippen LogP) is 5.73. The minimum atomic E-state index is -1.88. The summed E-state index contributed by atoms with van der Waals surface area (Å²) in [5.41, 5.74) is 1.04. The van der Waals surface area contributed by atoms with Gasteiger partial charge in [0.1, 0.15) is 11.3 Å². The average Bonchev–Trinajstić information content (AvgIpc) is 2.95. The Kier molecular flexibility index (Phi) is 6.35. The lowest BCUT2D eigenvalue weighted by Gasteiger charge is -2.36. The number of methoxy groups -OCH3 is 1. The molecule has 160 valence electrons. The SMILES string of the molecule is COC(=O)c1cc2cc(CO[Si](C)(C)C(C)(C)C)ccc2n1C(=O)OC(C)(C)C. The summed E-state index contributed by atoms with van der Waals surface area (Å²) in [5, 5.41) is 0.877. The van der Waals surface area contributed by atoms with Crippen molar-refractivity contribution >= 4 is 31.3 Å². The highest BCUT2D eigenvalue weighted by Crippen LogP contribution is 2.37. The lowest BCUT2D eigenvalue weighted by atomic mass is 10.1. The molecule has 0 bridgehead atoms. The van der Waals surface area contributed by atoms with E-state index >= 15 is 0 Å². The van der Waals surface area contributed by atoms with Gasteiger partial charge in [0.25, 0.3) is 0 Å². The number of carbonyl (C=O) groups is 2. The molecule has 0 aliphatic carbocycles. The Morgan fingerprint density at radius 3 is 2.17 bits per heavy atom. The van der Waals surface area contributed by atoms with E-state index in [0.29, 0.717) is 12.1 Å². The molecule has 2 rings (SSSR count). The van der Waals surface area contributed by atoms with Crippen molar-refractivity contribution in [1.82, 2.24) is 4.57 Å². The first-order valence-corrected chi connectivity index (χ1v) is 12.7. The molecule has 7 heteroatoms. The van der Waals surface area contributed by atoms with Gasteiger partial charge in [0.05, 0.1) is 19.2 Å². The number of rotatable bonds is 4. The van der Waals surface area contributed by atoms with Crippen molar-refractivity contribution in [3.05, 3.63) is 35.5 Å². The largest absolute Gasteiger partial charge is 0.464 e. The van der Waals surface area contributed by atoms with Crippen molar-refractivity contribution in [1.29, 1.82) is 0 Å². The first kappa shape index (κ1) is 23.2. The van der Waals surface area contributed by atoms with E-state index in [0.717, 1.165) is 10.9 Å². The lowest BCUT2D eigenvalue weighted by molar-refractivity contribution is 0.0489. The van der Waals surface area contributed by atoms with Crippen LogP contribution in [0.3, 0.4) is 0 Å². The molecule has 0 spiro atoms. The minimum absolute atomic E-state index is 0.120. The second-order valence-electron chi connectivity index (χ2n) is 9.78. The first-order valence-electron chi connectivity index (χ1n) is 9.76. The van der Waals surface area contributed by atoms with Gasteiger partial charge in [0, 0.05) is 5.39 Å². The molecule has 0 N–H and O–H groups in total. The van der Waals surface area contributed by atoms with Crippen LogP contribution in [0.2, 0.25) is 18.1 Å². The Morgan fingerprint density at radius 2 is 1.66 bits per heavy atom. The second kappa shape index (κ2) is 7.95. The monoisotopic (exact) mass is 419 g/mol. The zero-order valence-electron chi connectivity index (χ0n) is 19.0. The number of esters is 1. The smallest absolute Gasteiger partial charge is 0.419 e. The van der Waals surface area contributed by atoms with Gasteiger partial charge in [0.2, 0.25) is 0 Å². The van der Waals surface area contributed by atoms with E-state index in [1.54, 1.807) is 26.8 Å². The molecular weight excluding hydrogens is 386 g/mol. The van der Waals surface area contributed by atoms with Crippen LogP contribution in [0.15, 0.2) is 24.3 Å². The summed E-state index contributed by atoms with van der Waals surface area (Å²) in [6.07, 6.45) is -0.613. The number of fused-ring (bicyclic) bond motifs is 1. The van der Waals surface area contributed by atoms with Crippen molar-refractivity contribution in [2.45, 2.75) is 71.9 Å². The molecule has 1 aromatic carbocycles. The van der Waals surface area contributed by atoms with E-state index < -0.39 is 26.0 Å². The second-order valence-corrected chi connectivity index (χ2v) is 14.6. The van der Waals surface area contributed by atoms with Crippen LogP contribution in [0.4, 0.5) is 4.79 Å². The van der Waals surface area contributed by atoms with Crippen LogP contribution in [0.25, 0.3) is 10.9 Å². The fourth-order valence-electron chi connectivity index (χ4n) is 2.59. The quantitative estimate of drug-likeness (QED) is 0.467. The summed E-state index contributed by atoms with van der Waals surface area (Å²) in [7, 11) is -0.593. The molecule has 0 fully saturated rings. The third kappa shape index (κ3) is 5.28. The number of ether oxygens (including phenoxy) is 2. The molecule has 6 nitrogen and oxygen atoms in total. The van der Waals surface area contributed by atoms with Gasteiger partial charge in [0.15, 0.2) is 8.32 Å². The zero-order valence-corrected chi connectivity index (χ0v) is 20.0. The average molecular weight is 420 g/mol. The predicted molar refractivity (Wildman–Crippen MR) is 117 cm³/mol. The minimum Gasteiger partial charge on any atom is -0.464 e. The number of benzene rings is 1. The van der Waals surface area contributed by atoms with Gasteiger partial charge < -0.3 is 13.9 Å². The van der Waals surface area contributed by atoms with Crippen molar-refractivity contribution in [2.75, 3.05) is 7.11 Å². The summed E-state index contributed by atoms with van der Waals surface area (Å²) in [6.45, 7) is 16.8. The van der Waals surface area contributed by atoms with Crippen molar-refractivity contribution in [3.8, 4) is 0 Å². The molecular formula is C22H33NO5Si. The molecule has 0 saturated carbocycles. The lowest BCUT2D eigenvalue weighted by Crippen LogP contribution is -2.40. The van der Waals surface area contributed by atoms with Crippen LogP contribution in [-0.4, -0.2) is 37.7 Å². The molecule has 0 aliphatic heterocycles. The molecule has 0 radical (unpaired) electrons. The molecule has 0 amide bonds. The highest BCUT2D eigenvalue weighted by atomic mass is 28.4. The van der Waals surface area contributed by atoms with Crippen LogP contribution in [0, 0.1) is 0 Å². The van der Waals surface area contributed by atoms with E-state index in [-0.39, 0.29) is 10.7 Å². The van der Waals surface area contributed by atoms with Crippen LogP contribution in [-0.2, 0) is 20.5 Å². The van der Waals surface area contributed by atoms with Crippen molar-refractivity contribution in [3.63, 3.8) is 0 Å². The van der Waals surface area contributed by atoms with Gasteiger partial charge in [-0.05, 0) is 62.7 Å². The van der Waals surface area contributed by atoms with Gasteiger partial charge >= 0.3 is 12.1 Å². The van der Waals surface area contributed by atoms with Gasteiger partial charge in [-0.3, -0.25) is 0 Å². The normalized spacial score (nSPS) is 12.9. The molecule has 1 aromatic heterocycles. The number of hydrogen-bond donors (Lipinski definition) is 0. The molecule has 0 unspecified atom stereocenters. The van der Waals surface area contributed by atoms with Gasteiger partial charge in [-0.1, -0.05) is 26.8 Å². The summed E-state index contributed by atoms with van der Waals surface area (Å²) in [4.78, 5) is 25.0. The van der Waals surface area contributed by atoms with E-state index in [4.69, 9.17) is 13.9 Å². The highest BCUT2D eigenvalue weighted by molar-refractivity contribution is 6.74. The maximum atomic E-state index is 12.7. The number of carbonyl (C=O) groups excluding carboxylic acids is 2. The summed E-state index contributed by atoms with van der Waals surface area (Å²) in [6, 6.07) is 7.32. The molecule has 29 heavy (non-hydrogen) atoms. The van der Waals surface area contributed by atoms with Crippen LogP contribution < -0.4 is 0 Å². The Hall–Kier alpha value is -2.12. The van der Waals surface area contributed by atoms with E-state index in [9.17, 15) is 9.59 Å². The third-order valence-electron chi connectivity index (χ3n) is 5.24. The summed E-state index contributed by atoms with van der Waals surface area (Å²) in [5.74, 6) is -0.592. The Bertz CT molecular complexity index is 916. The molecule has 0 aliphatic rings. The molecule has 0 atom stereocenters. The fraction of sp³-hybridized carbons (Fsp3) is 0.545. The van der Waals surface area contributed by atoms with Crippen molar-refractivity contribution < 1.29 is 23.5 Å². The van der Waals surface area contributed by atoms with Crippen LogP contribution in [0.1, 0.15) is 57.6 Å². The first-order chi connectivity index (χ1) is 13.2. The van der Waals surface area contributed by atoms with Crippen LogP contribution >= 0.6 is 0 Å². The van der Waals surface area contributed by atoms with E-state index in [2.05, 4.69) is 33.9 Å². The maximum absolute atomic E-state index is 12.7. The highest BCUT2D eigenvalue weighted by Gasteiger charge is 2.37. The maximum Gasteiger partial charge on any atom is 0.419 e. The summed E-state index contributed by atoms with van der Waals surface area (Å²) >= 11 is 0. The molecule has 1 heterocycles. The number of nitrogens with zero attached hydrogens (tertiary/aromatic N) is 1. The van der Waals surface area contributed by atoms with E-state index in [1.165, 1.54) is 11.7 Å². The fourth-order valence-corrected chi connectivity index (χ4v) is 3.55. The Balaban J connectivity index is 2.43. The molecule has 2 aromatic rings. The molecule has 0 saturated heterocycles. The number of hydrogen-bond acceptors (Lipinski definition) is 5. The van der Waals surface area contributed by atoms with Crippen molar-refractivity contribution in [2.24, 2.45) is 0 Å². The van der Waals surface area contributed by atoms with Gasteiger partial charge in [-0.25, -0.2) is 14.2 Å². The van der Waals surface area contributed by atoms with E-state index in [1.807, 2.05) is 18.2 Å². The summed E-state index contributed by atoms with van der Waals surface area (Å²) < 4.78 is 17.9. The van der Waals surface area contributed by atoms with Crippen LogP contribution in [0.5, 0.6) is 0 Å². The number of aromatic nitrogens is 1. The van der Waals surface area contributed by atoms with Gasteiger partial charge in [-0.2, -0.15) is 0 Å². The standard InChI is InChI=1S/C22H33NO5Si/c1-21(2,3)28-20(25)23-17-11-10-15(14-27-29(8,9)22(4,5)6)12-16(17)13-18(23)19(24)26-7/h10-13H,14H2,1-9H3.